The smallest absolute Gasteiger partial charge is 0.0721 e. The average molecular weight is 312 g/mol. The Kier molecular flexibility index (Phi) is 4.68. The van der Waals surface area contributed by atoms with Crippen molar-refractivity contribution in [3.63, 3.8) is 0 Å². The van der Waals surface area contributed by atoms with Gasteiger partial charge in [-0.05, 0) is 54.9 Å². The summed E-state index contributed by atoms with van der Waals surface area (Å²) in [7, 11) is 0. The number of hydrogen-bond donors (Lipinski definition) is 1. The zero-order chi connectivity index (χ0) is 13.1. The molecule has 18 heavy (non-hydrogen) atoms. The van der Waals surface area contributed by atoms with Gasteiger partial charge < -0.3 is 10.5 Å². The van der Waals surface area contributed by atoms with Crippen LogP contribution in [0.3, 0.4) is 0 Å². The molecular weight excluding hydrogens is 290 g/mol. The highest BCUT2D eigenvalue weighted by molar-refractivity contribution is 9.10. The molecule has 1 aliphatic rings. The first-order valence-electron chi connectivity index (χ1n) is 6.71. The first-order valence-corrected chi connectivity index (χ1v) is 7.50. The second kappa shape index (κ2) is 6.07. The monoisotopic (exact) mass is 311 g/mol. The van der Waals surface area contributed by atoms with Gasteiger partial charge in [-0.2, -0.15) is 0 Å². The van der Waals surface area contributed by atoms with E-state index in [9.17, 15) is 0 Å². The molecule has 0 aromatic heterocycles. The van der Waals surface area contributed by atoms with Crippen molar-refractivity contribution >= 4 is 21.6 Å². The zero-order valence-electron chi connectivity index (χ0n) is 11.2. The fourth-order valence-corrected chi connectivity index (χ4v) is 3.18. The molecule has 3 atom stereocenters. The van der Waals surface area contributed by atoms with E-state index in [0.717, 1.165) is 27.6 Å². The van der Waals surface area contributed by atoms with E-state index in [4.69, 9.17) is 10.5 Å². The van der Waals surface area contributed by atoms with E-state index in [1.54, 1.807) is 0 Å². The Hall–Kier alpha value is -0.540. The number of nitrogen functional groups attached to an aromatic ring is 1. The summed E-state index contributed by atoms with van der Waals surface area (Å²) >= 11 is 3.46. The van der Waals surface area contributed by atoms with Crippen molar-refractivity contribution in [2.75, 3.05) is 5.73 Å². The fourth-order valence-electron chi connectivity index (χ4n) is 2.62. The molecule has 2 nitrogen and oxygen atoms in total. The number of rotatable bonds is 3. The molecule has 0 spiro atoms. The van der Waals surface area contributed by atoms with Crippen LogP contribution in [0, 0.1) is 11.8 Å². The van der Waals surface area contributed by atoms with Crippen molar-refractivity contribution in [1.82, 2.24) is 0 Å². The van der Waals surface area contributed by atoms with E-state index in [0.29, 0.717) is 12.7 Å². The van der Waals surface area contributed by atoms with Crippen LogP contribution in [0.25, 0.3) is 0 Å². The molecular formula is C15H22BrNO. The third-order valence-electron chi connectivity index (χ3n) is 4.02. The maximum atomic E-state index is 6.02. The zero-order valence-corrected chi connectivity index (χ0v) is 12.7. The van der Waals surface area contributed by atoms with Crippen LogP contribution >= 0.6 is 15.9 Å². The number of anilines is 1. The topological polar surface area (TPSA) is 35.2 Å². The van der Waals surface area contributed by atoms with Gasteiger partial charge in [0.15, 0.2) is 0 Å². The molecule has 100 valence electrons. The van der Waals surface area contributed by atoms with Gasteiger partial charge in [0.05, 0.1) is 12.7 Å². The summed E-state index contributed by atoms with van der Waals surface area (Å²) in [5.41, 5.74) is 7.76. The van der Waals surface area contributed by atoms with Crippen LogP contribution < -0.4 is 5.73 Å². The number of ether oxygens (including phenoxy) is 1. The fraction of sp³-hybridized carbons (Fsp3) is 0.600. The Labute approximate surface area is 118 Å². The Morgan fingerprint density at radius 2 is 2.00 bits per heavy atom. The standard InChI is InChI=1S/C15H22BrNO/c1-10-3-4-15(5-11(10)2)18-9-12-6-13(16)8-14(17)7-12/h6-8,10-11,15H,3-5,9,17H2,1-2H3. The molecule has 1 fully saturated rings. The van der Waals surface area contributed by atoms with E-state index >= 15 is 0 Å². The minimum Gasteiger partial charge on any atom is -0.399 e. The molecule has 0 saturated heterocycles. The van der Waals surface area contributed by atoms with Crippen molar-refractivity contribution < 1.29 is 4.74 Å². The van der Waals surface area contributed by atoms with Gasteiger partial charge in [-0.3, -0.25) is 0 Å². The van der Waals surface area contributed by atoms with Gasteiger partial charge in [0, 0.05) is 10.2 Å². The molecule has 1 saturated carbocycles. The van der Waals surface area contributed by atoms with Crippen LogP contribution in [-0.4, -0.2) is 6.10 Å². The molecule has 0 radical (unpaired) electrons. The molecule has 3 heteroatoms. The second-order valence-electron chi connectivity index (χ2n) is 5.59. The normalized spacial score (nSPS) is 28.3. The molecule has 0 heterocycles. The second-order valence-corrected chi connectivity index (χ2v) is 6.51. The van der Waals surface area contributed by atoms with Crippen LogP contribution in [-0.2, 0) is 11.3 Å². The SMILES string of the molecule is CC1CCC(OCc2cc(N)cc(Br)c2)CC1C. The summed E-state index contributed by atoms with van der Waals surface area (Å²) in [6.07, 6.45) is 4.07. The highest BCUT2D eigenvalue weighted by atomic mass is 79.9. The Morgan fingerprint density at radius 1 is 1.22 bits per heavy atom. The van der Waals surface area contributed by atoms with E-state index < -0.39 is 0 Å². The van der Waals surface area contributed by atoms with Crippen molar-refractivity contribution in [3.8, 4) is 0 Å². The van der Waals surface area contributed by atoms with E-state index in [2.05, 4.69) is 35.8 Å². The largest absolute Gasteiger partial charge is 0.399 e. The summed E-state index contributed by atoms with van der Waals surface area (Å²) < 4.78 is 7.04. The average Bonchev–Trinajstić information content (AvgIpc) is 2.29. The number of benzene rings is 1. The van der Waals surface area contributed by atoms with Gasteiger partial charge in [-0.15, -0.1) is 0 Å². The highest BCUT2D eigenvalue weighted by Crippen LogP contribution is 2.31. The lowest BCUT2D eigenvalue weighted by molar-refractivity contribution is -0.00745. The highest BCUT2D eigenvalue weighted by Gasteiger charge is 2.24. The van der Waals surface area contributed by atoms with Crippen molar-refractivity contribution in [2.24, 2.45) is 11.8 Å². The minimum atomic E-state index is 0.413. The lowest BCUT2D eigenvalue weighted by atomic mass is 9.80. The first-order chi connectivity index (χ1) is 8.54. The number of halogens is 1. The summed E-state index contributed by atoms with van der Waals surface area (Å²) in [5, 5.41) is 0. The van der Waals surface area contributed by atoms with Gasteiger partial charge >= 0.3 is 0 Å². The van der Waals surface area contributed by atoms with E-state index in [-0.39, 0.29) is 0 Å². The molecule has 2 rings (SSSR count). The molecule has 2 N–H and O–H groups in total. The molecule has 0 bridgehead atoms. The lowest BCUT2D eigenvalue weighted by Crippen LogP contribution is -2.26. The summed E-state index contributed by atoms with van der Waals surface area (Å²) in [6, 6.07) is 5.97. The van der Waals surface area contributed by atoms with Crippen LogP contribution in [0.5, 0.6) is 0 Å². The van der Waals surface area contributed by atoms with Crippen molar-refractivity contribution in [1.29, 1.82) is 0 Å². The number of nitrogens with two attached hydrogens (primary N) is 1. The molecule has 0 aliphatic heterocycles. The van der Waals surface area contributed by atoms with Gasteiger partial charge in [0.2, 0.25) is 0 Å². The van der Waals surface area contributed by atoms with E-state index in [1.807, 2.05) is 12.1 Å². The van der Waals surface area contributed by atoms with Gasteiger partial charge in [0.25, 0.3) is 0 Å². The van der Waals surface area contributed by atoms with Gasteiger partial charge in [-0.25, -0.2) is 0 Å². The summed E-state index contributed by atoms with van der Waals surface area (Å²) in [4.78, 5) is 0. The molecule has 0 amide bonds. The maximum absolute atomic E-state index is 6.02. The van der Waals surface area contributed by atoms with E-state index in [1.165, 1.54) is 19.3 Å². The van der Waals surface area contributed by atoms with Crippen LogP contribution in [0.4, 0.5) is 5.69 Å². The third-order valence-corrected chi connectivity index (χ3v) is 4.47. The van der Waals surface area contributed by atoms with Crippen LogP contribution in [0.2, 0.25) is 0 Å². The Morgan fingerprint density at radius 3 is 2.67 bits per heavy atom. The molecule has 1 aromatic carbocycles. The first kappa shape index (κ1) is 13.9. The molecule has 3 unspecified atom stereocenters. The van der Waals surface area contributed by atoms with Crippen LogP contribution in [0.15, 0.2) is 22.7 Å². The predicted octanol–water partition coefficient (Wildman–Crippen LogP) is 4.37. The Bertz CT molecular complexity index is 387. The van der Waals surface area contributed by atoms with Gasteiger partial charge in [-0.1, -0.05) is 29.8 Å². The molecule has 1 aromatic rings. The summed E-state index contributed by atoms with van der Waals surface area (Å²) in [6.45, 7) is 5.34. The predicted molar refractivity (Wildman–Crippen MR) is 79.3 cm³/mol. The lowest BCUT2D eigenvalue weighted by Gasteiger charge is -2.32. The quantitative estimate of drug-likeness (QED) is 0.841. The van der Waals surface area contributed by atoms with Crippen LogP contribution in [0.1, 0.15) is 38.7 Å². The Balaban J connectivity index is 1.88. The maximum Gasteiger partial charge on any atom is 0.0721 e. The minimum absolute atomic E-state index is 0.413. The van der Waals surface area contributed by atoms with Crippen molar-refractivity contribution in [3.05, 3.63) is 28.2 Å². The number of hydrogen-bond acceptors (Lipinski definition) is 2. The third kappa shape index (κ3) is 3.72. The molecule has 1 aliphatic carbocycles. The van der Waals surface area contributed by atoms with Crippen molar-refractivity contribution in [2.45, 2.75) is 45.8 Å². The van der Waals surface area contributed by atoms with Gasteiger partial charge in [0.1, 0.15) is 0 Å². The summed E-state index contributed by atoms with van der Waals surface area (Å²) in [5.74, 6) is 1.61.